The van der Waals surface area contributed by atoms with Gasteiger partial charge in [0.15, 0.2) is 0 Å². The summed E-state index contributed by atoms with van der Waals surface area (Å²) in [6, 6.07) is 0. The smallest absolute Gasteiger partial charge is 0.0110 e. The van der Waals surface area contributed by atoms with Gasteiger partial charge in [-0.1, -0.05) is 0 Å². The van der Waals surface area contributed by atoms with Crippen LogP contribution in [0, 0.1) is 0 Å². The lowest BCUT2D eigenvalue weighted by Crippen LogP contribution is -2.48. The first-order valence-corrected chi connectivity index (χ1v) is 17.7. The van der Waals surface area contributed by atoms with Crippen LogP contribution in [-0.4, -0.2) is 216 Å². The molecule has 3 fully saturated rings. The van der Waals surface area contributed by atoms with Crippen LogP contribution in [0.3, 0.4) is 0 Å². The monoisotopic (exact) mass is 612 g/mol. The summed E-state index contributed by atoms with van der Waals surface area (Å²) >= 11 is 0. The molecule has 0 aromatic rings. The van der Waals surface area contributed by atoms with E-state index in [-0.39, 0.29) is 0 Å². The molecule has 3 aliphatic rings. The topological polar surface area (TPSA) is 121 Å². The van der Waals surface area contributed by atoms with Gasteiger partial charge < -0.3 is 47.9 Å². The zero-order valence-corrected chi connectivity index (χ0v) is 27.5. The van der Waals surface area contributed by atoms with Crippen LogP contribution in [0.15, 0.2) is 0 Å². The first kappa shape index (κ1) is 36.9. The highest BCUT2D eigenvalue weighted by atomic mass is 15.3. The van der Waals surface area contributed by atoms with E-state index < -0.39 is 0 Å². The van der Waals surface area contributed by atoms with Crippen molar-refractivity contribution in [2.24, 2.45) is 0 Å². The molecule has 3 aliphatic heterocycles. The van der Waals surface area contributed by atoms with Gasteiger partial charge in [0.25, 0.3) is 0 Å². The van der Waals surface area contributed by atoms with E-state index in [2.05, 4.69) is 67.5 Å². The highest BCUT2D eigenvalue weighted by Gasteiger charge is 2.15. The van der Waals surface area contributed by atoms with Crippen LogP contribution >= 0.6 is 0 Å². The first-order chi connectivity index (χ1) is 21.4. The molecular formula is C30H69N13. The molecule has 0 saturated carbocycles. The van der Waals surface area contributed by atoms with E-state index in [1.165, 1.54) is 0 Å². The van der Waals surface area contributed by atoms with Gasteiger partial charge in [0, 0.05) is 196 Å². The Kier molecular flexibility index (Phi) is 22.9. The lowest BCUT2D eigenvalue weighted by atomic mass is 10.3. The van der Waals surface area contributed by atoms with Crippen molar-refractivity contribution in [3.8, 4) is 0 Å². The van der Waals surface area contributed by atoms with Gasteiger partial charge in [-0.2, -0.15) is 0 Å². The Balaban J connectivity index is 1.53. The van der Waals surface area contributed by atoms with Gasteiger partial charge >= 0.3 is 0 Å². The molecule has 3 rings (SSSR count). The second-order valence-corrected chi connectivity index (χ2v) is 12.1. The van der Waals surface area contributed by atoms with Crippen LogP contribution in [0.5, 0.6) is 0 Å². The lowest BCUT2D eigenvalue weighted by molar-refractivity contribution is 0.155. The van der Waals surface area contributed by atoms with Gasteiger partial charge in [-0.05, 0) is 0 Å². The van der Waals surface area contributed by atoms with E-state index >= 15 is 0 Å². The molecule has 0 atom stereocenters. The maximum atomic E-state index is 3.63. The summed E-state index contributed by atoms with van der Waals surface area (Å²) in [7, 11) is 0. The maximum absolute atomic E-state index is 3.63. The molecule has 0 aliphatic carbocycles. The maximum Gasteiger partial charge on any atom is 0.0110 e. The van der Waals surface area contributed by atoms with Crippen LogP contribution in [0.1, 0.15) is 0 Å². The van der Waals surface area contributed by atoms with E-state index in [1.54, 1.807) is 0 Å². The van der Waals surface area contributed by atoms with Crippen molar-refractivity contribution in [3.63, 3.8) is 0 Å². The van der Waals surface area contributed by atoms with Crippen LogP contribution in [0.4, 0.5) is 0 Å². The fourth-order valence-electron chi connectivity index (χ4n) is 5.80. The number of nitrogens with one attached hydrogen (secondary N) is 9. The molecule has 0 amide bonds. The number of hydrogen-bond donors (Lipinski definition) is 9. The Hall–Kier alpha value is -0.520. The zero-order valence-electron chi connectivity index (χ0n) is 27.5. The van der Waals surface area contributed by atoms with Gasteiger partial charge in [-0.3, -0.25) is 19.6 Å². The molecule has 3 saturated heterocycles. The highest BCUT2D eigenvalue weighted by Crippen LogP contribution is 1.99. The molecule has 9 N–H and O–H groups in total. The van der Waals surface area contributed by atoms with Crippen LogP contribution in [0.25, 0.3) is 0 Å². The standard InChI is InChI=1S/C30H69N13/c1-7-34-13-19-40(20-14-35-8-2-31-1)25-28-43(29-26-41-21-15-36-9-3-32-4-10-37-16-22-41)30-27-42-23-17-38-11-5-33-6-12-39-18-24-42/h31-39H,1-30H2. The number of rotatable bonds is 9. The fraction of sp³-hybridized carbons (Fsp3) is 1.00. The molecule has 43 heavy (non-hydrogen) atoms. The van der Waals surface area contributed by atoms with Gasteiger partial charge in [0.2, 0.25) is 0 Å². The summed E-state index contributed by atoms with van der Waals surface area (Å²) in [6.45, 7) is 32.5. The molecule has 13 nitrogen and oxygen atoms in total. The van der Waals surface area contributed by atoms with Crippen molar-refractivity contribution in [2.75, 3.05) is 196 Å². The Bertz CT molecular complexity index is 500. The van der Waals surface area contributed by atoms with E-state index in [9.17, 15) is 0 Å². The van der Waals surface area contributed by atoms with Crippen molar-refractivity contribution in [3.05, 3.63) is 0 Å². The summed E-state index contributed by atoms with van der Waals surface area (Å²) in [5.74, 6) is 0. The fourth-order valence-corrected chi connectivity index (χ4v) is 5.80. The van der Waals surface area contributed by atoms with E-state index in [1.807, 2.05) is 0 Å². The number of nitrogens with zero attached hydrogens (tertiary/aromatic N) is 4. The molecule has 0 unspecified atom stereocenters. The highest BCUT2D eigenvalue weighted by molar-refractivity contribution is 4.73. The molecule has 254 valence electrons. The third kappa shape index (κ3) is 20.3. The summed E-state index contributed by atoms with van der Waals surface area (Å²) in [4.78, 5) is 10.7. The average Bonchev–Trinajstić information content (AvgIpc) is 2.99. The Morgan fingerprint density at radius 3 is 0.674 bits per heavy atom. The summed E-state index contributed by atoms with van der Waals surface area (Å²) in [5, 5.41) is 32.3. The van der Waals surface area contributed by atoms with Gasteiger partial charge in [0.1, 0.15) is 0 Å². The Morgan fingerprint density at radius 1 is 0.279 bits per heavy atom. The van der Waals surface area contributed by atoms with Crippen LogP contribution in [-0.2, 0) is 0 Å². The SMILES string of the molecule is C1CNCCN(CCN(CCN2CCNCCNCCNCC2)CCN2CCNCCNCCNCC2)CCNCCN1. The summed E-state index contributed by atoms with van der Waals surface area (Å²) in [6.07, 6.45) is 0. The minimum absolute atomic E-state index is 1.05. The van der Waals surface area contributed by atoms with Gasteiger partial charge in [-0.25, -0.2) is 0 Å². The van der Waals surface area contributed by atoms with Crippen molar-refractivity contribution in [1.29, 1.82) is 0 Å². The van der Waals surface area contributed by atoms with Crippen LogP contribution in [0.2, 0.25) is 0 Å². The van der Waals surface area contributed by atoms with E-state index in [0.29, 0.717) is 0 Å². The van der Waals surface area contributed by atoms with Gasteiger partial charge in [0.05, 0.1) is 0 Å². The number of hydrogen-bond acceptors (Lipinski definition) is 13. The normalized spacial score (nSPS) is 24.5. The molecule has 13 heteroatoms. The van der Waals surface area contributed by atoms with Gasteiger partial charge in [-0.15, -0.1) is 0 Å². The molecule has 0 bridgehead atoms. The van der Waals surface area contributed by atoms with Crippen molar-refractivity contribution in [1.82, 2.24) is 67.5 Å². The minimum atomic E-state index is 1.05. The average molecular weight is 612 g/mol. The molecule has 0 aromatic heterocycles. The predicted molar refractivity (Wildman–Crippen MR) is 182 cm³/mol. The third-order valence-corrected chi connectivity index (χ3v) is 8.70. The molecule has 0 spiro atoms. The van der Waals surface area contributed by atoms with Crippen molar-refractivity contribution < 1.29 is 0 Å². The summed E-state index contributed by atoms with van der Waals surface area (Å²) < 4.78 is 0. The van der Waals surface area contributed by atoms with E-state index in [4.69, 9.17) is 0 Å². The zero-order chi connectivity index (χ0) is 29.9. The summed E-state index contributed by atoms with van der Waals surface area (Å²) in [5.41, 5.74) is 0. The molecular weight excluding hydrogens is 542 g/mol. The third-order valence-electron chi connectivity index (χ3n) is 8.70. The quantitative estimate of drug-likeness (QED) is 0.125. The molecule has 0 radical (unpaired) electrons. The van der Waals surface area contributed by atoms with Crippen LogP contribution < -0.4 is 47.9 Å². The second kappa shape index (κ2) is 26.7. The minimum Gasteiger partial charge on any atom is -0.314 e. The molecule has 3 heterocycles. The van der Waals surface area contributed by atoms with Crippen molar-refractivity contribution >= 4 is 0 Å². The Labute approximate surface area is 263 Å². The predicted octanol–water partition coefficient (Wildman–Crippen LogP) is -4.46. The lowest BCUT2D eigenvalue weighted by Gasteiger charge is -2.32. The Morgan fingerprint density at radius 2 is 0.465 bits per heavy atom. The molecule has 0 aromatic carbocycles. The second-order valence-electron chi connectivity index (χ2n) is 12.1. The van der Waals surface area contributed by atoms with E-state index in [0.717, 1.165) is 196 Å². The largest absolute Gasteiger partial charge is 0.314 e. The first-order valence-electron chi connectivity index (χ1n) is 17.7. The van der Waals surface area contributed by atoms with Crippen molar-refractivity contribution in [2.45, 2.75) is 0 Å².